The van der Waals surface area contributed by atoms with Crippen molar-refractivity contribution < 1.29 is 14.4 Å². The van der Waals surface area contributed by atoms with Crippen molar-refractivity contribution >= 4 is 87.1 Å². The molecule has 4 rings (SSSR count). The number of carbonyl (C=O) groups excluding carboxylic acids is 3. The molecule has 0 saturated heterocycles. The van der Waals surface area contributed by atoms with Crippen LogP contribution in [0.4, 0.5) is 0 Å². The Morgan fingerprint density at radius 3 is 0.810 bits per heavy atom. The number of benzene rings is 4. The smallest absolute Gasteiger partial charge is 0.190 e. The highest BCUT2D eigenvalue weighted by molar-refractivity contribution is 8.14. The topological polar surface area (TPSA) is 51.2 Å². The minimum Gasteiger partial charge on any atom is -0.287 e. The van der Waals surface area contributed by atoms with Gasteiger partial charge in [-0.2, -0.15) is 0 Å². The van der Waals surface area contributed by atoms with Crippen LogP contribution in [0, 0.1) is 0 Å². The van der Waals surface area contributed by atoms with Crippen LogP contribution >= 0.6 is 35.3 Å². The second kappa shape index (κ2) is 15.4. The van der Waals surface area contributed by atoms with Gasteiger partial charge in [0, 0.05) is 35.5 Å². The minimum atomic E-state index is 0.0699. The molecule has 210 valence electrons. The van der Waals surface area contributed by atoms with Crippen LogP contribution in [0.25, 0.3) is 36.5 Å². The third-order valence-electron chi connectivity index (χ3n) is 5.83. The van der Waals surface area contributed by atoms with Crippen molar-refractivity contribution in [2.24, 2.45) is 0 Å². The van der Waals surface area contributed by atoms with E-state index < -0.39 is 0 Å². The van der Waals surface area contributed by atoms with Crippen molar-refractivity contribution in [2.75, 3.05) is 0 Å². The van der Waals surface area contributed by atoms with Gasteiger partial charge in [-0.3, -0.25) is 14.4 Å². The molecule has 42 heavy (non-hydrogen) atoms. The Kier molecular flexibility index (Phi) is 11.4. The van der Waals surface area contributed by atoms with Crippen LogP contribution in [0.5, 0.6) is 0 Å². The van der Waals surface area contributed by atoms with E-state index in [-0.39, 0.29) is 15.3 Å². The molecule has 0 bridgehead atoms. The molecule has 0 amide bonds. The second-order valence-corrected chi connectivity index (χ2v) is 13.2. The Morgan fingerprint density at radius 2 is 0.595 bits per heavy atom. The normalized spacial score (nSPS) is 11.5. The van der Waals surface area contributed by atoms with Crippen LogP contribution in [0.2, 0.25) is 0 Å². The summed E-state index contributed by atoms with van der Waals surface area (Å²) >= 11 is 3.69. The Morgan fingerprint density at radius 1 is 0.381 bits per heavy atom. The summed E-state index contributed by atoms with van der Waals surface area (Å²) in [4.78, 5) is 36.9. The average Bonchev–Trinajstić information content (AvgIpc) is 2.95. The molecule has 0 fully saturated rings. The van der Waals surface area contributed by atoms with E-state index in [0.29, 0.717) is 0 Å². The molecule has 0 atom stereocenters. The van der Waals surface area contributed by atoms with Crippen molar-refractivity contribution in [1.29, 1.82) is 0 Å². The monoisotopic (exact) mass is 606 g/mol. The van der Waals surface area contributed by atoms with Crippen molar-refractivity contribution in [3.8, 4) is 0 Å². The molecule has 0 N–H and O–H groups in total. The van der Waals surface area contributed by atoms with E-state index in [0.717, 1.165) is 48.1 Å². The summed E-state index contributed by atoms with van der Waals surface area (Å²) < 4.78 is 0. The van der Waals surface area contributed by atoms with E-state index >= 15 is 0 Å². The maximum atomic E-state index is 11.4. The van der Waals surface area contributed by atoms with Gasteiger partial charge in [0.1, 0.15) is 0 Å². The summed E-state index contributed by atoms with van der Waals surface area (Å²) in [5.41, 5.74) is 6.31. The molecule has 0 spiro atoms. The first-order chi connectivity index (χ1) is 20.2. The lowest BCUT2D eigenvalue weighted by Crippen LogP contribution is -1.83. The first-order valence-electron chi connectivity index (χ1n) is 13.3. The van der Waals surface area contributed by atoms with Gasteiger partial charge in [-0.15, -0.1) is 0 Å². The highest BCUT2D eigenvalue weighted by atomic mass is 32.2. The molecule has 6 heteroatoms. The van der Waals surface area contributed by atoms with E-state index in [1.165, 1.54) is 35.3 Å². The summed E-state index contributed by atoms with van der Waals surface area (Å²) in [7, 11) is 0. The predicted octanol–water partition coefficient (Wildman–Crippen LogP) is 10.1. The fraction of sp³-hybridized carbons (Fsp3) is 0.0833. The standard InChI is InChI=1S/C36H30O3S3/c1-25(37)40-34-16-10-28(11-17-34)4-7-31-22-32(8-5-29-12-18-35(19-13-29)41-26(2)38)24-33(23-31)9-6-30-14-20-36(21-15-30)42-27(3)39/h4-24H,1-3H3/b7-4+,8-5+,9-6+. The van der Waals surface area contributed by atoms with Crippen LogP contribution in [-0.4, -0.2) is 15.3 Å². The molecule has 0 unspecified atom stereocenters. The summed E-state index contributed by atoms with van der Waals surface area (Å²) in [5.74, 6) is 0. The van der Waals surface area contributed by atoms with Crippen molar-refractivity contribution in [2.45, 2.75) is 35.5 Å². The SMILES string of the molecule is CC(=O)Sc1ccc(/C=C/c2cc(/C=C/c3ccc(SC(C)=O)cc3)cc(/C=C/c3ccc(SC(C)=O)cc3)c2)cc1. The lowest BCUT2D eigenvalue weighted by atomic mass is 10.0. The lowest BCUT2D eigenvalue weighted by Gasteiger charge is -2.04. The van der Waals surface area contributed by atoms with E-state index in [1.54, 1.807) is 20.8 Å². The van der Waals surface area contributed by atoms with Crippen molar-refractivity contribution in [3.05, 3.63) is 124 Å². The molecule has 0 aromatic heterocycles. The summed E-state index contributed by atoms with van der Waals surface area (Å²) in [6.45, 7) is 4.70. The molecule has 4 aromatic carbocycles. The molecule has 4 aromatic rings. The van der Waals surface area contributed by atoms with Crippen LogP contribution in [-0.2, 0) is 14.4 Å². The quantitative estimate of drug-likeness (QED) is 0.140. The average molecular weight is 607 g/mol. The first kappa shape index (κ1) is 31.1. The summed E-state index contributed by atoms with van der Waals surface area (Å²) in [5, 5.41) is 0.210. The second-order valence-electron chi connectivity index (χ2n) is 9.42. The number of rotatable bonds is 9. The zero-order valence-corrected chi connectivity index (χ0v) is 26.0. The van der Waals surface area contributed by atoms with Gasteiger partial charge in [0.25, 0.3) is 0 Å². The van der Waals surface area contributed by atoms with Crippen LogP contribution in [0.3, 0.4) is 0 Å². The van der Waals surface area contributed by atoms with E-state index in [9.17, 15) is 14.4 Å². The molecular formula is C36H30O3S3. The molecular weight excluding hydrogens is 577 g/mol. The minimum absolute atomic E-state index is 0.0699. The van der Waals surface area contributed by atoms with Crippen LogP contribution in [0.15, 0.2) is 106 Å². The van der Waals surface area contributed by atoms with Crippen LogP contribution < -0.4 is 0 Å². The van der Waals surface area contributed by atoms with Gasteiger partial charge in [0.05, 0.1) is 0 Å². The van der Waals surface area contributed by atoms with Crippen LogP contribution in [0.1, 0.15) is 54.2 Å². The first-order valence-corrected chi connectivity index (χ1v) is 15.7. The van der Waals surface area contributed by atoms with Gasteiger partial charge in [-0.25, -0.2) is 0 Å². The maximum Gasteiger partial charge on any atom is 0.190 e. The van der Waals surface area contributed by atoms with Crippen molar-refractivity contribution in [3.63, 3.8) is 0 Å². The fourth-order valence-electron chi connectivity index (χ4n) is 4.01. The lowest BCUT2D eigenvalue weighted by molar-refractivity contribution is -0.109. The molecule has 0 aliphatic heterocycles. The molecule has 0 aliphatic rings. The third kappa shape index (κ3) is 10.5. The van der Waals surface area contributed by atoms with Gasteiger partial charge >= 0.3 is 0 Å². The van der Waals surface area contributed by atoms with Gasteiger partial charge in [0.2, 0.25) is 0 Å². The molecule has 0 aliphatic carbocycles. The Hall–Kier alpha value is -3.84. The zero-order valence-electron chi connectivity index (χ0n) is 23.6. The highest BCUT2D eigenvalue weighted by Gasteiger charge is 2.02. The number of thioether (sulfide) groups is 3. The van der Waals surface area contributed by atoms with E-state index in [2.05, 4.69) is 54.7 Å². The largest absolute Gasteiger partial charge is 0.287 e. The highest BCUT2D eigenvalue weighted by Crippen LogP contribution is 2.24. The molecule has 0 heterocycles. The summed E-state index contributed by atoms with van der Waals surface area (Å²) in [6, 6.07) is 30.2. The number of hydrogen-bond donors (Lipinski definition) is 0. The fourth-order valence-corrected chi connectivity index (χ4v) is 5.82. The Bertz CT molecular complexity index is 1440. The molecule has 3 nitrogen and oxygen atoms in total. The Labute approximate surface area is 260 Å². The molecule has 0 saturated carbocycles. The zero-order chi connectivity index (χ0) is 29.9. The van der Waals surface area contributed by atoms with E-state index in [4.69, 9.17) is 0 Å². The third-order valence-corrected chi connectivity index (χ3v) is 8.22. The number of carbonyl (C=O) groups is 3. The van der Waals surface area contributed by atoms with E-state index in [1.807, 2.05) is 72.8 Å². The maximum absolute atomic E-state index is 11.4. The molecule has 0 radical (unpaired) electrons. The summed E-state index contributed by atoms with van der Waals surface area (Å²) in [6.07, 6.45) is 12.5. The van der Waals surface area contributed by atoms with Gasteiger partial charge < -0.3 is 0 Å². The number of hydrogen-bond acceptors (Lipinski definition) is 6. The van der Waals surface area contributed by atoms with Gasteiger partial charge in [-0.1, -0.05) is 108 Å². The van der Waals surface area contributed by atoms with Gasteiger partial charge in [0.15, 0.2) is 15.3 Å². The van der Waals surface area contributed by atoms with Crippen molar-refractivity contribution in [1.82, 2.24) is 0 Å². The predicted molar refractivity (Wildman–Crippen MR) is 182 cm³/mol. The Balaban J connectivity index is 1.58. The van der Waals surface area contributed by atoms with Gasteiger partial charge in [-0.05, 0) is 88.0 Å².